The molecule has 1 aromatic carbocycles. The van der Waals surface area contributed by atoms with Crippen LogP contribution in [-0.2, 0) is 6.42 Å². The third-order valence-electron chi connectivity index (χ3n) is 4.88. The topological polar surface area (TPSA) is 15.3 Å². The van der Waals surface area contributed by atoms with Crippen molar-refractivity contribution in [3.8, 4) is 0 Å². The first-order valence-corrected chi connectivity index (χ1v) is 8.39. The van der Waals surface area contributed by atoms with Crippen LogP contribution in [0.15, 0.2) is 30.3 Å². The highest BCUT2D eigenvalue weighted by molar-refractivity contribution is 5.15. The Morgan fingerprint density at radius 2 is 1.80 bits per heavy atom. The van der Waals surface area contributed by atoms with E-state index in [0.29, 0.717) is 6.04 Å². The van der Waals surface area contributed by atoms with Crippen LogP contribution < -0.4 is 5.32 Å². The molecule has 1 atom stereocenters. The molecule has 1 heterocycles. The molecule has 0 bridgehead atoms. The van der Waals surface area contributed by atoms with Crippen LogP contribution in [0.2, 0.25) is 0 Å². The highest BCUT2D eigenvalue weighted by Gasteiger charge is 2.32. The van der Waals surface area contributed by atoms with Crippen LogP contribution in [0, 0.1) is 0 Å². The zero-order chi connectivity index (χ0) is 13.8. The highest BCUT2D eigenvalue weighted by Crippen LogP contribution is 2.29. The summed E-state index contributed by atoms with van der Waals surface area (Å²) >= 11 is 0. The molecule has 0 aromatic heterocycles. The average molecular weight is 272 g/mol. The predicted octanol–water partition coefficient (Wildman–Crippen LogP) is 3.22. The molecule has 2 aliphatic rings. The monoisotopic (exact) mass is 272 g/mol. The maximum atomic E-state index is 3.91. The molecule has 1 aliphatic heterocycles. The van der Waals surface area contributed by atoms with Gasteiger partial charge in [0.1, 0.15) is 0 Å². The van der Waals surface area contributed by atoms with Gasteiger partial charge in [0.2, 0.25) is 0 Å². The Labute approximate surface area is 123 Å². The smallest absolute Gasteiger partial charge is 0.0107 e. The van der Waals surface area contributed by atoms with E-state index in [4.69, 9.17) is 0 Å². The lowest BCUT2D eigenvalue weighted by atomic mass is 9.99. The molecule has 1 aromatic rings. The van der Waals surface area contributed by atoms with Crippen molar-refractivity contribution in [1.29, 1.82) is 0 Å². The maximum absolute atomic E-state index is 3.91. The van der Waals surface area contributed by atoms with E-state index in [1.807, 2.05) is 0 Å². The van der Waals surface area contributed by atoms with Gasteiger partial charge in [0.15, 0.2) is 0 Å². The Bertz CT molecular complexity index is 391. The number of nitrogens with one attached hydrogen (secondary N) is 1. The lowest BCUT2D eigenvalue weighted by molar-refractivity contribution is 0.182. The molecule has 1 unspecified atom stereocenters. The van der Waals surface area contributed by atoms with E-state index in [9.17, 15) is 0 Å². The lowest BCUT2D eigenvalue weighted by Gasteiger charge is -2.34. The summed E-state index contributed by atoms with van der Waals surface area (Å²) < 4.78 is 0. The van der Waals surface area contributed by atoms with E-state index in [0.717, 1.165) is 12.1 Å². The molecule has 0 amide bonds. The summed E-state index contributed by atoms with van der Waals surface area (Å²) in [5, 5.41) is 3.91. The number of hydrogen-bond acceptors (Lipinski definition) is 2. The molecule has 1 N–H and O–H groups in total. The standard InChI is InChI=1S/C18H28N2/c1-2-16(14-15-6-4-3-5-7-15)19-17-10-12-20(13-11-17)18-8-9-18/h3-7,16-19H,2,8-14H2,1H3. The quantitative estimate of drug-likeness (QED) is 0.855. The molecule has 3 rings (SSSR count). The average Bonchev–Trinajstić information content (AvgIpc) is 3.33. The number of hydrogen-bond donors (Lipinski definition) is 1. The third kappa shape index (κ3) is 3.83. The summed E-state index contributed by atoms with van der Waals surface area (Å²) in [7, 11) is 0. The van der Waals surface area contributed by atoms with Crippen LogP contribution in [0.3, 0.4) is 0 Å². The second-order valence-electron chi connectivity index (χ2n) is 6.50. The molecule has 20 heavy (non-hydrogen) atoms. The van der Waals surface area contributed by atoms with Gasteiger partial charge in [0.25, 0.3) is 0 Å². The first-order chi connectivity index (χ1) is 9.85. The minimum absolute atomic E-state index is 0.634. The van der Waals surface area contributed by atoms with Crippen molar-refractivity contribution in [1.82, 2.24) is 10.2 Å². The second-order valence-corrected chi connectivity index (χ2v) is 6.50. The summed E-state index contributed by atoms with van der Waals surface area (Å²) in [4.78, 5) is 2.70. The van der Waals surface area contributed by atoms with Gasteiger partial charge in [-0.3, -0.25) is 0 Å². The first kappa shape index (κ1) is 14.1. The molecule has 2 nitrogen and oxygen atoms in total. The van der Waals surface area contributed by atoms with Crippen LogP contribution >= 0.6 is 0 Å². The molecule has 2 heteroatoms. The predicted molar refractivity (Wildman–Crippen MR) is 85.0 cm³/mol. The second kappa shape index (κ2) is 6.73. The Morgan fingerprint density at radius 3 is 2.40 bits per heavy atom. The van der Waals surface area contributed by atoms with Crippen molar-refractivity contribution >= 4 is 0 Å². The third-order valence-corrected chi connectivity index (χ3v) is 4.88. The van der Waals surface area contributed by atoms with Crippen molar-refractivity contribution in [2.45, 2.75) is 63.6 Å². The van der Waals surface area contributed by atoms with E-state index in [1.165, 1.54) is 57.2 Å². The minimum atomic E-state index is 0.634. The van der Waals surface area contributed by atoms with Gasteiger partial charge in [0, 0.05) is 18.1 Å². The summed E-state index contributed by atoms with van der Waals surface area (Å²) in [5.74, 6) is 0. The number of rotatable bonds is 6. The number of benzene rings is 1. The Hall–Kier alpha value is -0.860. The van der Waals surface area contributed by atoms with Crippen molar-refractivity contribution < 1.29 is 0 Å². The summed E-state index contributed by atoms with van der Waals surface area (Å²) in [6, 6.07) is 13.2. The van der Waals surface area contributed by atoms with Gasteiger partial charge >= 0.3 is 0 Å². The van der Waals surface area contributed by atoms with E-state index in [1.54, 1.807) is 0 Å². The van der Waals surface area contributed by atoms with Gasteiger partial charge in [-0.05, 0) is 57.2 Å². The molecular weight excluding hydrogens is 244 g/mol. The van der Waals surface area contributed by atoms with Crippen LogP contribution in [0.5, 0.6) is 0 Å². The zero-order valence-corrected chi connectivity index (χ0v) is 12.7. The van der Waals surface area contributed by atoms with Crippen LogP contribution in [0.4, 0.5) is 0 Å². The van der Waals surface area contributed by atoms with Gasteiger partial charge < -0.3 is 10.2 Å². The fraction of sp³-hybridized carbons (Fsp3) is 0.667. The van der Waals surface area contributed by atoms with Crippen molar-refractivity contribution in [3.05, 3.63) is 35.9 Å². The molecule has 110 valence electrons. The Balaban J connectivity index is 1.45. The summed E-state index contributed by atoms with van der Waals surface area (Å²) in [6.45, 7) is 4.92. The Kier molecular flexibility index (Phi) is 4.74. The van der Waals surface area contributed by atoms with E-state index in [-0.39, 0.29) is 0 Å². The van der Waals surface area contributed by atoms with Gasteiger partial charge in [-0.25, -0.2) is 0 Å². The van der Waals surface area contributed by atoms with Crippen molar-refractivity contribution in [2.75, 3.05) is 13.1 Å². The summed E-state index contributed by atoms with van der Waals surface area (Å²) in [5.41, 5.74) is 1.46. The fourth-order valence-corrected chi connectivity index (χ4v) is 3.42. The number of nitrogens with zero attached hydrogens (tertiary/aromatic N) is 1. The van der Waals surface area contributed by atoms with E-state index in [2.05, 4.69) is 47.5 Å². The first-order valence-electron chi connectivity index (χ1n) is 8.39. The minimum Gasteiger partial charge on any atom is -0.311 e. The van der Waals surface area contributed by atoms with Crippen LogP contribution in [0.1, 0.15) is 44.6 Å². The number of likely N-dealkylation sites (tertiary alicyclic amines) is 1. The zero-order valence-electron chi connectivity index (χ0n) is 12.7. The molecule has 1 aliphatic carbocycles. The van der Waals surface area contributed by atoms with Gasteiger partial charge in [-0.2, -0.15) is 0 Å². The van der Waals surface area contributed by atoms with Crippen molar-refractivity contribution in [2.24, 2.45) is 0 Å². The SMILES string of the molecule is CCC(Cc1ccccc1)NC1CCN(C2CC2)CC1. The molecule has 2 fully saturated rings. The molecular formula is C18H28N2. The van der Waals surface area contributed by atoms with Crippen LogP contribution in [-0.4, -0.2) is 36.1 Å². The lowest BCUT2D eigenvalue weighted by Crippen LogP contribution is -2.47. The number of piperidine rings is 1. The van der Waals surface area contributed by atoms with Crippen LogP contribution in [0.25, 0.3) is 0 Å². The van der Waals surface area contributed by atoms with Gasteiger partial charge in [0.05, 0.1) is 0 Å². The largest absolute Gasteiger partial charge is 0.311 e. The normalized spacial score (nSPS) is 22.9. The van der Waals surface area contributed by atoms with Gasteiger partial charge in [-0.15, -0.1) is 0 Å². The van der Waals surface area contributed by atoms with E-state index < -0.39 is 0 Å². The van der Waals surface area contributed by atoms with E-state index >= 15 is 0 Å². The molecule has 0 radical (unpaired) electrons. The summed E-state index contributed by atoms with van der Waals surface area (Å²) in [6.07, 6.45) is 7.95. The maximum Gasteiger partial charge on any atom is 0.0107 e. The van der Waals surface area contributed by atoms with Gasteiger partial charge in [-0.1, -0.05) is 37.3 Å². The highest BCUT2D eigenvalue weighted by atomic mass is 15.2. The molecule has 1 saturated heterocycles. The molecule has 1 saturated carbocycles. The Morgan fingerprint density at radius 1 is 1.10 bits per heavy atom. The fourth-order valence-electron chi connectivity index (χ4n) is 3.42. The van der Waals surface area contributed by atoms with Crippen molar-refractivity contribution in [3.63, 3.8) is 0 Å². The molecule has 0 spiro atoms.